The van der Waals surface area contributed by atoms with Gasteiger partial charge < -0.3 is 10.4 Å². The third kappa shape index (κ3) is 3.74. The first kappa shape index (κ1) is 17.4. The molecule has 5 rings (SSSR count). The number of nitrogens with zero attached hydrogens (tertiary/aromatic N) is 1. The van der Waals surface area contributed by atoms with E-state index in [1.165, 1.54) is 19.4 Å². The van der Waals surface area contributed by atoms with Crippen LogP contribution in [0, 0.1) is 5.92 Å². The second-order valence-electron chi connectivity index (χ2n) is 7.33. The van der Waals surface area contributed by atoms with E-state index in [-0.39, 0.29) is 17.7 Å². The Hall–Kier alpha value is -1.98. The van der Waals surface area contributed by atoms with Crippen LogP contribution < -0.4 is 5.32 Å². The highest BCUT2D eigenvalue weighted by molar-refractivity contribution is 7.99. The summed E-state index contributed by atoms with van der Waals surface area (Å²) in [6, 6.07) is 15.8. The number of phenols is 1. The zero-order valence-electron chi connectivity index (χ0n) is 14.9. The van der Waals surface area contributed by atoms with Gasteiger partial charge in [0.25, 0.3) is 5.91 Å². The molecule has 0 aliphatic carbocycles. The third-order valence-electron chi connectivity index (χ3n) is 5.56. The van der Waals surface area contributed by atoms with Crippen molar-refractivity contribution < 1.29 is 9.90 Å². The molecule has 3 aliphatic heterocycles. The molecule has 4 atom stereocenters. The van der Waals surface area contributed by atoms with Gasteiger partial charge in [0, 0.05) is 34.0 Å². The Morgan fingerprint density at radius 2 is 1.77 bits per heavy atom. The average Bonchev–Trinajstić information content (AvgIpc) is 2.65. The fraction of sp³-hybridized carbons (Fsp3) is 0.381. The van der Waals surface area contributed by atoms with E-state index in [0.29, 0.717) is 17.5 Å². The fourth-order valence-electron chi connectivity index (χ4n) is 4.04. The van der Waals surface area contributed by atoms with Gasteiger partial charge in [-0.3, -0.25) is 9.69 Å². The quantitative estimate of drug-likeness (QED) is 0.863. The summed E-state index contributed by atoms with van der Waals surface area (Å²) in [5.74, 6) is 0.907. The number of nitrogens with one attached hydrogen (secondary N) is 1. The van der Waals surface area contributed by atoms with E-state index in [1.807, 2.05) is 36.4 Å². The molecule has 1 amide bonds. The molecule has 4 unspecified atom stereocenters. The minimum atomic E-state index is 0.0255. The van der Waals surface area contributed by atoms with Crippen LogP contribution in [-0.2, 0) is 0 Å². The van der Waals surface area contributed by atoms with Crippen molar-refractivity contribution >= 4 is 17.7 Å². The van der Waals surface area contributed by atoms with Gasteiger partial charge in [0.2, 0.25) is 0 Å². The molecular weight excluding hydrogens is 344 g/mol. The maximum absolute atomic E-state index is 12.6. The summed E-state index contributed by atoms with van der Waals surface area (Å²) < 4.78 is 0. The minimum absolute atomic E-state index is 0.0255. The number of hydrogen-bond acceptors (Lipinski definition) is 4. The smallest absolute Gasteiger partial charge is 0.251 e. The van der Waals surface area contributed by atoms with Gasteiger partial charge in [0.1, 0.15) is 5.75 Å². The second kappa shape index (κ2) is 7.33. The van der Waals surface area contributed by atoms with Gasteiger partial charge in [-0.1, -0.05) is 11.8 Å². The lowest BCUT2D eigenvalue weighted by Gasteiger charge is -2.48. The maximum atomic E-state index is 12.6. The van der Waals surface area contributed by atoms with Crippen LogP contribution >= 0.6 is 11.8 Å². The van der Waals surface area contributed by atoms with E-state index in [2.05, 4.69) is 17.1 Å². The minimum Gasteiger partial charge on any atom is -0.508 e. The molecule has 2 bridgehead atoms. The fourth-order valence-corrected chi connectivity index (χ4v) is 4.85. The summed E-state index contributed by atoms with van der Waals surface area (Å²) in [7, 11) is 0. The van der Waals surface area contributed by atoms with Crippen LogP contribution in [0.2, 0.25) is 0 Å². The van der Waals surface area contributed by atoms with E-state index in [1.54, 1.807) is 23.9 Å². The van der Waals surface area contributed by atoms with Crippen molar-refractivity contribution in [1.29, 1.82) is 0 Å². The Bertz CT molecular complexity index is 776. The van der Waals surface area contributed by atoms with Crippen molar-refractivity contribution in [2.45, 2.75) is 41.6 Å². The molecule has 2 N–H and O–H groups in total. The molecule has 2 aromatic carbocycles. The van der Waals surface area contributed by atoms with Crippen molar-refractivity contribution in [2.75, 3.05) is 13.1 Å². The molecular formula is C21H24N2O2S. The highest BCUT2D eigenvalue weighted by Gasteiger charge is 2.38. The molecule has 0 saturated carbocycles. The number of aromatic hydroxyl groups is 1. The van der Waals surface area contributed by atoms with Crippen LogP contribution in [-0.4, -0.2) is 41.1 Å². The third-order valence-corrected chi connectivity index (χ3v) is 6.58. The molecule has 4 nitrogen and oxygen atoms in total. The average molecular weight is 369 g/mol. The summed E-state index contributed by atoms with van der Waals surface area (Å²) in [5.41, 5.74) is 0.713. The van der Waals surface area contributed by atoms with E-state index in [9.17, 15) is 9.90 Å². The molecule has 26 heavy (non-hydrogen) atoms. The summed E-state index contributed by atoms with van der Waals surface area (Å²) >= 11 is 1.61. The lowest BCUT2D eigenvalue weighted by Crippen LogP contribution is -2.60. The predicted molar refractivity (Wildman–Crippen MR) is 104 cm³/mol. The number of carbonyl (C=O) groups excluding carboxylic acids is 1. The first-order chi connectivity index (χ1) is 12.6. The van der Waals surface area contributed by atoms with E-state index in [0.717, 1.165) is 16.3 Å². The normalized spacial score (nSPS) is 27.3. The summed E-state index contributed by atoms with van der Waals surface area (Å²) in [5, 5.41) is 12.6. The molecule has 5 heteroatoms. The first-order valence-corrected chi connectivity index (χ1v) is 10.0. The number of hydrogen-bond donors (Lipinski definition) is 2. The number of amides is 1. The maximum Gasteiger partial charge on any atom is 0.251 e. The van der Waals surface area contributed by atoms with Gasteiger partial charge >= 0.3 is 0 Å². The van der Waals surface area contributed by atoms with Gasteiger partial charge in [0.15, 0.2) is 0 Å². The van der Waals surface area contributed by atoms with Crippen LogP contribution in [0.25, 0.3) is 0 Å². The molecule has 3 aliphatic rings. The van der Waals surface area contributed by atoms with Crippen molar-refractivity contribution in [1.82, 2.24) is 10.2 Å². The standard InChI is InChI=1S/C21H24N2O2S/c1-14-12-16-10-11-23(14)13-20(16)22-21(25)15-2-6-18(7-3-15)26-19-8-4-17(24)5-9-19/h2-9,14,16,20,24H,10-13H2,1H3,(H,22,25). The lowest BCUT2D eigenvalue weighted by molar-refractivity contribution is 0.0274. The lowest BCUT2D eigenvalue weighted by atomic mass is 9.80. The number of carbonyl (C=O) groups is 1. The zero-order chi connectivity index (χ0) is 18.1. The molecule has 0 radical (unpaired) electrons. The number of piperidine rings is 3. The molecule has 3 fully saturated rings. The van der Waals surface area contributed by atoms with Crippen LogP contribution in [0.15, 0.2) is 58.3 Å². The highest BCUT2D eigenvalue weighted by atomic mass is 32.2. The molecule has 3 saturated heterocycles. The monoisotopic (exact) mass is 368 g/mol. The Kier molecular flexibility index (Phi) is 4.92. The number of rotatable bonds is 4. The SMILES string of the molecule is CC1CC2CCN1CC2NC(=O)c1ccc(Sc2ccc(O)cc2)cc1. The Balaban J connectivity index is 1.37. The molecule has 0 spiro atoms. The van der Waals surface area contributed by atoms with Gasteiger partial charge in [-0.2, -0.15) is 0 Å². The van der Waals surface area contributed by atoms with Gasteiger partial charge in [-0.15, -0.1) is 0 Å². The largest absolute Gasteiger partial charge is 0.508 e. The predicted octanol–water partition coefficient (Wildman–Crippen LogP) is 3.76. The van der Waals surface area contributed by atoms with Crippen LogP contribution in [0.4, 0.5) is 0 Å². The highest BCUT2D eigenvalue weighted by Crippen LogP contribution is 2.32. The molecule has 2 aromatic rings. The topological polar surface area (TPSA) is 52.6 Å². The first-order valence-electron chi connectivity index (χ1n) is 9.20. The van der Waals surface area contributed by atoms with Crippen molar-refractivity contribution in [3.63, 3.8) is 0 Å². The van der Waals surface area contributed by atoms with Crippen LogP contribution in [0.5, 0.6) is 5.75 Å². The Morgan fingerprint density at radius 1 is 1.12 bits per heavy atom. The molecule has 136 valence electrons. The van der Waals surface area contributed by atoms with E-state index >= 15 is 0 Å². The van der Waals surface area contributed by atoms with E-state index < -0.39 is 0 Å². The number of phenolic OH excluding ortho intramolecular Hbond substituents is 1. The van der Waals surface area contributed by atoms with Crippen molar-refractivity contribution in [3.8, 4) is 5.75 Å². The molecule has 0 aromatic heterocycles. The summed E-state index contributed by atoms with van der Waals surface area (Å²) in [6.45, 7) is 4.43. The number of fused-ring (bicyclic) bond motifs is 3. The van der Waals surface area contributed by atoms with Crippen LogP contribution in [0.1, 0.15) is 30.1 Å². The van der Waals surface area contributed by atoms with Gasteiger partial charge in [-0.05, 0) is 80.8 Å². The Labute approximate surface area is 158 Å². The summed E-state index contributed by atoms with van der Waals surface area (Å²) in [4.78, 5) is 17.2. The van der Waals surface area contributed by atoms with Gasteiger partial charge in [0.05, 0.1) is 0 Å². The van der Waals surface area contributed by atoms with Gasteiger partial charge in [-0.25, -0.2) is 0 Å². The van der Waals surface area contributed by atoms with Crippen molar-refractivity contribution in [2.24, 2.45) is 5.92 Å². The Morgan fingerprint density at radius 3 is 2.35 bits per heavy atom. The van der Waals surface area contributed by atoms with Crippen LogP contribution in [0.3, 0.4) is 0 Å². The zero-order valence-corrected chi connectivity index (χ0v) is 15.7. The number of benzene rings is 2. The molecule has 3 heterocycles. The second-order valence-corrected chi connectivity index (χ2v) is 8.48. The van der Waals surface area contributed by atoms with Crippen molar-refractivity contribution in [3.05, 3.63) is 54.1 Å². The van der Waals surface area contributed by atoms with E-state index in [4.69, 9.17) is 0 Å². The summed E-state index contributed by atoms with van der Waals surface area (Å²) in [6.07, 6.45) is 2.38.